The molecule has 0 aliphatic rings. The number of aliphatic hydroxyl groups is 1. The number of hydrogen-bond acceptors (Lipinski definition) is 5. The molecule has 0 bridgehead atoms. The molecule has 0 saturated heterocycles. The quantitative estimate of drug-likeness (QED) is 0.700. The summed E-state index contributed by atoms with van der Waals surface area (Å²) in [5, 5.41) is 17.7. The molecule has 1 aromatic heterocycles. The Kier molecular flexibility index (Phi) is 4.13. The van der Waals surface area contributed by atoms with Crippen molar-refractivity contribution in [3.63, 3.8) is 0 Å². The zero-order valence-corrected chi connectivity index (χ0v) is 7.84. The van der Waals surface area contributed by atoms with Crippen LogP contribution >= 0.6 is 11.5 Å². The lowest BCUT2D eigenvalue weighted by Gasteiger charge is -2.09. The van der Waals surface area contributed by atoms with E-state index in [0.717, 1.165) is 18.7 Å². The highest BCUT2D eigenvalue weighted by Crippen LogP contribution is 1.97. The van der Waals surface area contributed by atoms with Crippen molar-refractivity contribution in [3.05, 3.63) is 11.1 Å². The van der Waals surface area contributed by atoms with Crippen molar-refractivity contribution in [2.45, 2.75) is 25.9 Å². The van der Waals surface area contributed by atoms with Gasteiger partial charge in [0.25, 0.3) is 0 Å². The van der Waals surface area contributed by atoms with Crippen molar-refractivity contribution in [2.75, 3.05) is 6.61 Å². The van der Waals surface area contributed by atoms with Gasteiger partial charge in [0, 0.05) is 24.6 Å². The highest BCUT2D eigenvalue weighted by molar-refractivity contribution is 7.03. The Balaban J connectivity index is 2.17. The summed E-state index contributed by atoms with van der Waals surface area (Å²) in [7, 11) is 0. The fourth-order valence-corrected chi connectivity index (χ4v) is 1.29. The maximum absolute atomic E-state index is 8.63. The second kappa shape index (κ2) is 5.18. The zero-order valence-electron chi connectivity index (χ0n) is 7.03. The molecule has 1 unspecified atom stereocenters. The van der Waals surface area contributed by atoms with Gasteiger partial charge in [-0.3, -0.25) is 0 Å². The lowest BCUT2D eigenvalue weighted by Crippen LogP contribution is -2.26. The summed E-state index contributed by atoms with van der Waals surface area (Å²) in [6.45, 7) is 3.00. The minimum atomic E-state index is 0.226. The van der Waals surface area contributed by atoms with Crippen molar-refractivity contribution >= 4 is 11.5 Å². The Morgan fingerprint density at radius 3 is 3.17 bits per heavy atom. The molecule has 0 aliphatic heterocycles. The molecule has 68 valence electrons. The fourth-order valence-electron chi connectivity index (χ4n) is 0.836. The van der Waals surface area contributed by atoms with Crippen LogP contribution in [-0.2, 0) is 6.54 Å². The third-order valence-electron chi connectivity index (χ3n) is 1.60. The molecule has 0 spiro atoms. The third-order valence-corrected chi connectivity index (χ3v) is 2.15. The van der Waals surface area contributed by atoms with E-state index in [4.69, 9.17) is 5.11 Å². The Hall–Kier alpha value is -0.520. The summed E-state index contributed by atoms with van der Waals surface area (Å²) < 4.78 is 3.75. The monoisotopic (exact) mass is 187 g/mol. The molecule has 4 nitrogen and oxygen atoms in total. The average Bonchev–Trinajstić information content (AvgIpc) is 2.53. The van der Waals surface area contributed by atoms with Crippen LogP contribution in [0.4, 0.5) is 0 Å². The van der Waals surface area contributed by atoms with Crippen LogP contribution in [0, 0.1) is 0 Å². The standard InChI is InChI=1S/C7H13N3OS/c1-6(2-3-11)8-4-7-5-12-10-9-7/h5-6,8,11H,2-4H2,1H3. The van der Waals surface area contributed by atoms with Gasteiger partial charge in [-0.2, -0.15) is 0 Å². The highest BCUT2D eigenvalue weighted by atomic mass is 32.1. The minimum absolute atomic E-state index is 0.226. The van der Waals surface area contributed by atoms with Crippen LogP contribution in [0.25, 0.3) is 0 Å². The maximum atomic E-state index is 8.63. The zero-order chi connectivity index (χ0) is 8.81. The summed E-state index contributed by atoms with van der Waals surface area (Å²) in [6, 6.07) is 0.330. The molecule has 0 saturated carbocycles. The Morgan fingerprint density at radius 2 is 2.58 bits per heavy atom. The van der Waals surface area contributed by atoms with Gasteiger partial charge in [0.1, 0.15) is 0 Å². The van der Waals surface area contributed by atoms with E-state index >= 15 is 0 Å². The van der Waals surface area contributed by atoms with Crippen molar-refractivity contribution in [1.29, 1.82) is 0 Å². The van der Waals surface area contributed by atoms with Gasteiger partial charge >= 0.3 is 0 Å². The van der Waals surface area contributed by atoms with E-state index in [2.05, 4.69) is 14.9 Å². The van der Waals surface area contributed by atoms with E-state index in [1.807, 2.05) is 12.3 Å². The van der Waals surface area contributed by atoms with Gasteiger partial charge in [0.15, 0.2) is 0 Å². The van der Waals surface area contributed by atoms with Gasteiger partial charge in [0.2, 0.25) is 0 Å². The predicted octanol–water partition coefficient (Wildman–Crippen LogP) is 0.399. The van der Waals surface area contributed by atoms with Gasteiger partial charge in [-0.05, 0) is 24.9 Å². The van der Waals surface area contributed by atoms with Gasteiger partial charge in [-0.25, -0.2) is 0 Å². The number of nitrogens with zero attached hydrogens (tertiary/aromatic N) is 2. The first-order chi connectivity index (χ1) is 5.83. The first-order valence-corrected chi connectivity index (χ1v) is 4.76. The van der Waals surface area contributed by atoms with Gasteiger partial charge in [0.05, 0.1) is 5.69 Å². The first-order valence-electron chi connectivity index (χ1n) is 3.93. The molecule has 12 heavy (non-hydrogen) atoms. The van der Waals surface area contributed by atoms with Gasteiger partial charge < -0.3 is 10.4 Å². The molecule has 1 atom stereocenters. The summed E-state index contributed by atoms with van der Waals surface area (Å²) in [5.74, 6) is 0. The van der Waals surface area contributed by atoms with E-state index in [-0.39, 0.29) is 6.61 Å². The first kappa shape index (κ1) is 9.57. The van der Waals surface area contributed by atoms with Crippen molar-refractivity contribution in [1.82, 2.24) is 14.9 Å². The Morgan fingerprint density at radius 1 is 1.75 bits per heavy atom. The second-order valence-corrected chi connectivity index (χ2v) is 3.30. The SMILES string of the molecule is CC(CCO)NCc1csnn1. The van der Waals surface area contributed by atoms with Crippen LogP contribution < -0.4 is 5.32 Å². The van der Waals surface area contributed by atoms with Crippen LogP contribution in [0.1, 0.15) is 19.0 Å². The molecular weight excluding hydrogens is 174 g/mol. The van der Waals surface area contributed by atoms with Crippen molar-refractivity contribution in [2.24, 2.45) is 0 Å². The van der Waals surface area contributed by atoms with Crippen LogP contribution in [0.2, 0.25) is 0 Å². The van der Waals surface area contributed by atoms with E-state index in [1.54, 1.807) is 0 Å². The van der Waals surface area contributed by atoms with E-state index in [9.17, 15) is 0 Å². The summed E-state index contributed by atoms with van der Waals surface area (Å²) >= 11 is 1.35. The lowest BCUT2D eigenvalue weighted by atomic mass is 10.2. The summed E-state index contributed by atoms with van der Waals surface area (Å²) in [5.41, 5.74) is 0.963. The highest BCUT2D eigenvalue weighted by Gasteiger charge is 2.01. The van der Waals surface area contributed by atoms with E-state index < -0.39 is 0 Å². The van der Waals surface area contributed by atoms with Gasteiger partial charge in [-0.1, -0.05) is 4.49 Å². The van der Waals surface area contributed by atoms with Crippen molar-refractivity contribution in [3.8, 4) is 0 Å². The molecule has 0 aromatic carbocycles. The number of aliphatic hydroxyl groups excluding tert-OH is 1. The molecule has 0 radical (unpaired) electrons. The number of aromatic nitrogens is 2. The smallest absolute Gasteiger partial charge is 0.0893 e. The molecule has 0 amide bonds. The number of hydrogen-bond donors (Lipinski definition) is 2. The summed E-state index contributed by atoms with van der Waals surface area (Å²) in [6.07, 6.45) is 0.775. The van der Waals surface area contributed by atoms with E-state index in [0.29, 0.717) is 6.04 Å². The largest absolute Gasteiger partial charge is 0.396 e. The van der Waals surface area contributed by atoms with Crippen LogP contribution in [-0.4, -0.2) is 27.3 Å². The molecule has 0 aliphatic carbocycles. The molecule has 2 N–H and O–H groups in total. The number of nitrogens with one attached hydrogen (secondary N) is 1. The lowest BCUT2D eigenvalue weighted by molar-refractivity contribution is 0.268. The normalized spacial score (nSPS) is 13.2. The minimum Gasteiger partial charge on any atom is -0.396 e. The Labute approximate surface area is 75.8 Å². The van der Waals surface area contributed by atoms with Crippen LogP contribution in [0.5, 0.6) is 0 Å². The van der Waals surface area contributed by atoms with Gasteiger partial charge in [-0.15, -0.1) is 5.10 Å². The molecule has 1 heterocycles. The molecule has 0 fully saturated rings. The topological polar surface area (TPSA) is 58.0 Å². The molecule has 1 rings (SSSR count). The second-order valence-electron chi connectivity index (χ2n) is 2.69. The van der Waals surface area contributed by atoms with Crippen LogP contribution in [0.15, 0.2) is 5.38 Å². The Bertz CT molecular complexity index is 202. The fraction of sp³-hybridized carbons (Fsp3) is 0.714. The summed E-state index contributed by atoms with van der Waals surface area (Å²) in [4.78, 5) is 0. The third kappa shape index (κ3) is 3.25. The van der Waals surface area contributed by atoms with Crippen LogP contribution in [0.3, 0.4) is 0 Å². The maximum Gasteiger partial charge on any atom is 0.0893 e. The molecule has 5 heteroatoms. The predicted molar refractivity (Wildman–Crippen MR) is 47.9 cm³/mol. The van der Waals surface area contributed by atoms with E-state index in [1.165, 1.54) is 11.5 Å². The molecule has 1 aromatic rings. The van der Waals surface area contributed by atoms with Crippen molar-refractivity contribution < 1.29 is 5.11 Å². The average molecular weight is 187 g/mol. The molecular formula is C7H13N3OS. The number of rotatable bonds is 5.